The van der Waals surface area contributed by atoms with Crippen molar-refractivity contribution in [2.24, 2.45) is 0 Å². The number of nitrogens with zero attached hydrogens (tertiary/aromatic N) is 3. The number of para-hydroxylation sites is 2. The second kappa shape index (κ2) is 9.79. The smallest absolute Gasteiger partial charge is 0.242 e. The third kappa shape index (κ3) is 5.00. The maximum Gasteiger partial charge on any atom is 0.242 e. The highest BCUT2D eigenvalue weighted by molar-refractivity contribution is 8.00. The summed E-state index contributed by atoms with van der Waals surface area (Å²) >= 11 is 1.51. The second-order valence-electron chi connectivity index (χ2n) is 8.27. The Hall–Kier alpha value is -2.77. The molecule has 32 heavy (non-hydrogen) atoms. The van der Waals surface area contributed by atoms with Crippen molar-refractivity contribution in [2.45, 2.75) is 37.5 Å². The summed E-state index contributed by atoms with van der Waals surface area (Å²) in [5.74, 6) is 0.445. The van der Waals surface area contributed by atoms with Crippen LogP contribution in [0.4, 0.5) is 5.69 Å². The molecule has 0 bridgehead atoms. The van der Waals surface area contributed by atoms with Crippen LogP contribution >= 0.6 is 11.8 Å². The van der Waals surface area contributed by atoms with E-state index in [1.165, 1.54) is 11.8 Å². The summed E-state index contributed by atoms with van der Waals surface area (Å²) in [6, 6.07) is 17.7. The van der Waals surface area contributed by atoms with Gasteiger partial charge in [-0.15, -0.1) is 11.8 Å². The molecule has 0 N–H and O–H groups in total. The number of ether oxygens (including phenoxy) is 1. The fraction of sp³-hybridized carbons (Fsp3) is 0.360. The number of anilines is 1. The predicted molar refractivity (Wildman–Crippen MR) is 129 cm³/mol. The summed E-state index contributed by atoms with van der Waals surface area (Å²) in [4.78, 5) is 30.3. The molecular formula is C25H29N3O3S. The zero-order valence-electron chi connectivity index (χ0n) is 18.7. The third-order valence-corrected chi connectivity index (χ3v) is 6.73. The van der Waals surface area contributed by atoms with Crippen molar-refractivity contribution in [2.75, 3.05) is 30.8 Å². The minimum Gasteiger partial charge on any atom is -0.372 e. The van der Waals surface area contributed by atoms with Crippen LogP contribution < -0.4 is 4.90 Å². The van der Waals surface area contributed by atoms with Gasteiger partial charge >= 0.3 is 0 Å². The fourth-order valence-corrected chi connectivity index (χ4v) is 5.12. The number of carbonyl (C=O) groups excluding carboxylic acids is 2. The Kier molecular flexibility index (Phi) is 6.86. The minimum atomic E-state index is 0.0328. The van der Waals surface area contributed by atoms with Gasteiger partial charge in [0.05, 0.1) is 18.0 Å². The van der Waals surface area contributed by atoms with E-state index in [1.807, 2.05) is 84.1 Å². The minimum absolute atomic E-state index is 0.0328. The van der Waals surface area contributed by atoms with E-state index in [1.54, 1.807) is 11.9 Å². The highest BCUT2D eigenvalue weighted by atomic mass is 32.2. The van der Waals surface area contributed by atoms with E-state index < -0.39 is 0 Å². The standard InChI is InChI=1S/C25H29N3O3S/c1-18-13-28(14-19(2)31-18)24(29)16-27-15-23(21-11-7-8-12-22(21)27)32-17-25(30)26(3)20-9-5-4-6-10-20/h4-12,15,18-19H,13-14,16-17H2,1-3H3/t18-,19-/m0/s1. The van der Waals surface area contributed by atoms with Gasteiger partial charge in [0, 0.05) is 47.8 Å². The molecular weight excluding hydrogens is 422 g/mol. The molecule has 1 aliphatic rings. The number of amides is 2. The molecule has 0 radical (unpaired) electrons. The number of benzene rings is 2. The van der Waals surface area contributed by atoms with Crippen LogP contribution in [0.1, 0.15) is 13.8 Å². The van der Waals surface area contributed by atoms with Crippen molar-refractivity contribution in [1.29, 1.82) is 0 Å². The molecule has 6 nitrogen and oxygen atoms in total. The molecule has 1 aliphatic heterocycles. The molecule has 2 aromatic carbocycles. The summed E-state index contributed by atoms with van der Waals surface area (Å²) in [7, 11) is 1.80. The van der Waals surface area contributed by atoms with Crippen molar-refractivity contribution in [3.8, 4) is 0 Å². The third-order valence-electron chi connectivity index (χ3n) is 5.70. The quantitative estimate of drug-likeness (QED) is 0.531. The molecule has 4 rings (SSSR count). The Balaban J connectivity index is 1.48. The first-order chi connectivity index (χ1) is 15.4. The maximum atomic E-state index is 13.0. The lowest BCUT2D eigenvalue weighted by molar-refractivity contribution is -0.143. The zero-order valence-corrected chi connectivity index (χ0v) is 19.5. The van der Waals surface area contributed by atoms with Crippen molar-refractivity contribution >= 4 is 40.2 Å². The molecule has 0 aliphatic carbocycles. The van der Waals surface area contributed by atoms with E-state index in [2.05, 4.69) is 0 Å². The van der Waals surface area contributed by atoms with Gasteiger partial charge in [-0.05, 0) is 32.0 Å². The number of carbonyl (C=O) groups is 2. The average Bonchev–Trinajstić information content (AvgIpc) is 3.14. The molecule has 7 heteroatoms. The van der Waals surface area contributed by atoms with Crippen LogP contribution in [0.15, 0.2) is 65.7 Å². The SMILES string of the molecule is C[C@H]1CN(C(=O)Cn2cc(SCC(=O)N(C)c3ccccc3)c3ccccc32)C[C@H](C)O1. The summed E-state index contributed by atoms with van der Waals surface area (Å²) in [6.07, 6.45) is 2.08. The number of hydrogen-bond donors (Lipinski definition) is 0. The van der Waals surface area contributed by atoms with E-state index in [9.17, 15) is 9.59 Å². The molecule has 1 saturated heterocycles. The van der Waals surface area contributed by atoms with Crippen LogP contribution in [0.2, 0.25) is 0 Å². The summed E-state index contributed by atoms with van der Waals surface area (Å²) < 4.78 is 7.75. The molecule has 2 atom stereocenters. The van der Waals surface area contributed by atoms with E-state index >= 15 is 0 Å². The first-order valence-electron chi connectivity index (χ1n) is 10.9. The Morgan fingerprint density at radius 3 is 2.41 bits per heavy atom. The highest BCUT2D eigenvalue weighted by Gasteiger charge is 2.26. The van der Waals surface area contributed by atoms with Crippen LogP contribution in [0.5, 0.6) is 0 Å². The fourth-order valence-electron chi connectivity index (χ4n) is 4.12. The van der Waals surface area contributed by atoms with Gasteiger partial charge in [0.2, 0.25) is 11.8 Å². The van der Waals surface area contributed by atoms with Crippen molar-refractivity contribution < 1.29 is 14.3 Å². The topological polar surface area (TPSA) is 54.8 Å². The van der Waals surface area contributed by atoms with Gasteiger partial charge in [-0.3, -0.25) is 9.59 Å². The zero-order chi connectivity index (χ0) is 22.7. The number of thioether (sulfide) groups is 1. The van der Waals surface area contributed by atoms with Crippen LogP contribution in [-0.2, 0) is 20.9 Å². The number of hydrogen-bond acceptors (Lipinski definition) is 4. The van der Waals surface area contributed by atoms with E-state index in [4.69, 9.17) is 4.74 Å². The molecule has 0 saturated carbocycles. The Morgan fingerprint density at radius 2 is 1.69 bits per heavy atom. The van der Waals surface area contributed by atoms with Crippen LogP contribution in [0, 0.1) is 0 Å². The van der Waals surface area contributed by atoms with Gasteiger partial charge in [0.15, 0.2) is 0 Å². The number of morpholine rings is 1. The predicted octanol–water partition coefficient (Wildman–Crippen LogP) is 4.03. The highest BCUT2D eigenvalue weighted by Crippen LogP contribution is 2.30. The number of fused-ring (bicyclic) bond motifs is 1. The first-order valence-corrected chi connectivity index (χ1v) is 11.9. The maximum absolute atomic E-state index is 13.0. The summed E-state index contributed by atoms with van der Waals surface area (Å²) in [5, 5.41) is 1.06. The molecule has 2 heterocycles. The van der Waals surface area contributed by atoms with Gasteiger partial charge < -0.3 is 19.1 Å². The molecule has 0 unspecified atom stereocenters. The number of rotatable bonds is 6. The molecule has 0 spiro atoms. The molecule has 168 valence electrons. The Labute approximate surface area is 193 Å². The lowest BCUT2D eigenvalue weighted by atomic mass is 10.2. The second-order valence-corrected chi connectivity index (χ2v) is 9.29. The lowest BCUT2D eigenvalue weighted by Gasteiger charge is -2.35. The van der Waals surface area contributed by atoms with Crippen LogP contribution in [0.3, 0.4) is 0 Å². The van der Waals surface area contributed by atoms with Gasteiger partial charge in [-0.2, -0.15) is 0 Å². The Bertz CT molecular complexity index is 1090. The van der Waals surface area contributed by atoms with Crippen molar-refractivity contribution in [3.05, 3.63) is 60.8 Å². The van der Waals surface area contributed by atoms with E-state index in [-0.39, 0.29) is 30.6 Å². The van der Waals surface area contributed by atoms with Crippen LogP contribution in [-0.4, -0.2) is 59.4 Å². The van der Waals surface area contributed by atoms with E-state index in [0.29, 0.717) is 18.8 Å². The normalized spacial score (nSPS) is 18.7. The molecule has 1 aromatic heterocycles. The molecule has 3 aromatic rings. The summed E-state index contributed by atoms with van der Waals surface area (Å²) in [6.45, 7) is 5.51. The summed E-state index contributed by atoms with van der Waals surface area (Å²) in [5.41, 5.74) is 1.88. The van der Waals surface area contributed by atoms with Crippen molar-refractivity contribution in [3.63, 3.8) is 0 Å². The van der Waals surface area contributed by atoms with Gasteiger partial charge in [0.1, 0.15) is 6.54 Å². The average molecular weight is 452 g/mol. The van der Waals surface area contributed by atoms with Crippen LogP contribution in [0.25, 0.3) is 10.9 Å². The lowest BCUT2D eigenvalue weighted by Crippen LogP contribution is -2.49. The first kappa shape index (κ1) is 22.4. The molecule has 2 amide bonds. The van der Waals surface area contributed by atoms with E-state index in [0.717, 1.165) is 21.5 Å². The van der Waals surface area contributed by atoms with Crippen molar-refractivity contribution in [1.82, 2.24) is 9.47 Å². The number of aromatic nitrogens is 1. The Morgan fingerprint density at radius 1 is 1.03 bits per heavy atom. The monoisotopic (exact) mass is 451 g/mol. The largest absolute Gasteiger partial charge is 0.372 e. The van der Waals surface area contributed by atoms with Gasteiger partial charge in [0.25, 0.3) is 0 Å². The molecule has 1 fully saturated rings. The van der Waals surface area contributed by atoms with Gasteiger partial charge in [-0.1, -0.05) is 36.4 Å². The van der Waals surface area contributed by atoms with Gasteiger partial charge in [-0.25, -0.2) is 0 Å².